The lowest BCUT2D eigenvalue weighted by atomic mass is 9.94. The smallest absolute Gasteiger partial charge is 0.0113 e. The molecule has 0 N–H and O–H groups in total. The van der Waals surface area contributed by atoms with E-state index < -0.39 is 0 Å². The molecule has 0 radical (unpaired) electrons. The van der Waals surface area contributed by atoms with Crippen LogP contribution >= 0.6 is 11.3 Å². The first-order valence-electron chi connectivity index (χ1n) is 6.30. The van der Waals surface area contributed by atoms with Gasteiger partial charge in [-0.15, -0.1) is 11.3 Å². The molecule has 0 saturated heterocycles. The van der Waals surface area contributed by atoms with Crippen LogP contribution in [0.25, 0.3) is 0 Å². The van der Waals surface area contributed by atoms with E-state index in [1.807, 2.05) is 11.3 Å². The summed E-state index contributed by atoms with van der Waals surface area (Å²) >= 11 is 2.05. The Labute approximate surface area is 98.7 Å². The van der Waals surface area contributed by atoms with Gasteiger partial charge in [0.15, 0.2) is 0 Å². The van der Waals surface area contributed by atoms with Crippen LogP contribution < -0.4 is 0 Å². The number of hydrogen-bond donors (Lipinski definition) is 0. The quantitative estimate of drug-likeness (QED) is 0.654. The topological polar surface area (TPSA) is 0 Å². The van der Waals surface area contributed by atoms with E-state index in [-0.39, 0.29) is 0 Å². The molecule has 0 saturated carbocycles. The molecule has 0 fully saturated rings. The molecule has 0 nitrogen and oxygen atoms in total. The molecule has 86 valence electrons. The van der Waals surface area contributed by atoms with Crippen LogP contribution in [0, 0.1) is 6.92 Å². The van der Waals surface area contributed by atoms with Crippen molar-refractivity contribution in [2.75, 3.05) is 0 Å². The van der Waals surface area contributed by atoms with Crippen LogP contribution in [-0.4, -0.2) is 0 Å². The maximum absolute atomic E-state index is 2.31. The summed E-state index contributed by atoms with van der Waals surface area (Å²) in [5, 5.41) is 0. The SMILES string of the molecule is CCc1c(C)sc(C(CC)CC)c1CC. The third kappa shape index (κ3) is 2.44. The Balaban J connectivity index is 3.17. The number of aryl methyl sites for hydroxylation is 1. The third-order valence-corrected chi connectivity index (χ3v) is 4.77. The van der Waals surface area contributed by atoms with Gasteiger partial charge in [-0.05, 0) is 49.7 Å². The molecule has 0 aliphatic carbocycles. The molecule has 0 unspecified atom stereocenters. The van der Waals surface area contributed by atoms with Crippen molar-refractivity contribution < 1.29 is 0 Å². The highest BCUT2D eigenvalue weighted by molar-refractivity contribution is 7.12. The minimum absolute atomic E-state index is 0.795. The predicted octanol–water partition coefficient (Wildman–Crippen LogP) is 5.08. The van der Waals surface area contributed by atoms with E-state index in [9.17, 15) is 0 Å². The second kappa shape index (κ2) is 5.69. The molecular weight excluding hydrogens is 200 g/mol. The van der Waals surface area contributed by atoms with Gasteiger partial charge in [0.25, 0.3) is 0 Å². The molecule has 0 bridgehead atoms. The van der Waals surface area contributed by atoms with Gasteiger partial charge in [-0.3, -0.25) is 0 Å². The lowest BCUT2D eigenvalue weighted by molar-refractivity contribution is 0.646. The minimum atomic E-state index is 0.795. The Hall–Kier alpha value is -0.300. The summed E-state index contributed by atoms with van der Waals surface area (Å²) in [4.78, 5) is 3.23. The van der Waals surface area contributed by atoms with Crippen molar-refractivity contribution in [1.29, 1.82) is 0 Å². The molecule has 0 aromatic carbocycles. The predicted molar refractivity (Wildman–Crippen MR) is 71.1 cm³/mol. The summed E-state index contributed by atoms with van der Waals surface area (Å²) in [5.41, 5.74) is 3.29. The lowest BCUT2D eigenvalue weighted by Gasteiger charge is -2.13. The lowest BCUT2D eigenvalue weighted by Crippen LogP contribution is -1.98. The van der Waals surface area contributed by atoms with Crippen LogP contribution in [0.4, 0.5) is 0 Å². The highest BCUT2D eigenvalue weighted by atomic mass is 32.1. The zero-order chi connectivity index (χ0) is 11.4. The summed E-state index contributed by atoms with van der Waals surface area (Å²) in [7, 11) is 0. The molecule has 0 atom stereocenters. The van der Waals surface area contributed by atoms with Gasteiger partial charge in [0.05, 0.1) is 0 Å². The van der Waals surface area contributed by atoms with Crippen LogP contribution in [0.5, 0.6) is 0 Å². The zero-order valence-electron chi connectivity index (χ0n) is 10.8. The molecule has 1 heterocycles. The highest BCUT2D eigenvalue weighted by Gasteiger charge is 2.18. The molecule has 0 aliphatic heterocycles. The molecule has 1 aromatic rings. The van der Waals surface area contributed by atoms with Crippen molar-refractivity contribution in [2.24, 2.45) is 0 Å². The van der Waals surface area contributed by atoms with E-state index in [2.05, 4.69) is 34.6 Å². The summed E-state index contributed by atoms with van der Waals surface area (Å²) in [6, 6.07) is 0. The van der Waals surface area contributed by atoms with Crippen molar-refractivity contribution in [3.63, 3.8) is 0 Å². The molecular formula is C14H24S. The van der Waals surface area contributed by atoms with Gasteiger partial charge in [0.2, 0.25) is 0 Å². The number of hydrogen-bond acceptors (Lipinski definition) is 1. The Bertz CT molecular complexity index is 305. The van der Waals surface area contributed by atoms with E-state index >= 15 is 0 Å². The van der Waals surface area contributed by atoms with Crippen molar-refractivity contribution in [3.05, 3.63) is 20.9 Å². The second-order valence-electron chi connectivity index (χ2n) is 4.20. The standard InChI is InChI=1S/C14H24S/c1-6-11(7-2)14-13(9-4)12(8-3)10(5)15-14/h11H,6-9H2,1-5H3. The van der Waals surface area contributed by atoms with Gasteiger partial charge in [-0.1, -0.05) is 27.7 Å². The Morgan fingerprint density at radius 2 is 1.47 bits per heavy atom. The van der Waals surface area contributed by atoms with E-state index in [1.54, 1.807) is 20.9 Å². The maximum atomic E-state index is 2.31. The normalized spacial score (nSPS) is 11.3. The Morgan fingerprint density at radius 1 is 0.933 bits per heavy atom. The van der Waals surface area contributed by atoms with Crippen molar-refractivity contribution in [3.8, 4) is 0 Å². The first-order valence-corrected chi connectivity index (χ1v) is 7.12. The van der Waals surface area contributed by atoms with Gasteiger partial charge in [0, 0.05) is 9.75 Å². The number of rotatable bonds is 5. The zero-order valence-corrected chi connectivity index (χ0v) is 11.6. The Morgan fingerprint density at radius 3 is 1.87 bits per heavy atom. The summed E-state index contributed by atoms with van der Waals surface area (Å²) in [6.45, 7) is 11.5. The monoisotopic (exact) mass is 224 g/mol. The van der Waals surface area contributed by atoms with Crippen molar-refractivity contribution in [1.82, 2.24) is 0 Å². The van der Waals surface area contributed by atoms with Gasteiger partial charge in [-0.25, -0.2) is 0 Å². The molecule has 1 aromatic heterocycles. The summed E-state index contributed by atoms with van der Waals surface area (Å²) < 4.78 is 0. The summed E-state index contributed by atoms with van der Waals surface area (Å²) in [5.74, 6) is 0.795. The minimum Gasteiger partial charge on any atom is -0.145 e. The fourth-order valence-electron chi connectivity index (χ4n) is 2.49. The third-order valence-electron chi connectivity index (χ3n) is 3.41. The van der Waals surface area contributed by atoms with E-state index in [0.29, 0.717) is 0 Å². The van der Waals surface area contributed by atoms with Crippen molar-refractivity contribution in [2.45, 2.75) is 66.2 Å². The van der Waals surface area contributed by atoms with Gasteiger partial charge in [-0.2, -0.15) is 0 Å². The van der Waals surface area contributed by atoms with Crippen molar-refractivity contribution >= 4 is 11.3 Å². The Kier molecular flexibility index (Phi) is 4.85. The number of thiophene rings is 1. The van der Waals surface area contributed by atoms with E-state index in [0.717, 1.165) is 5.92 Å². The largest absolute Gasteiger partial charge is 0.145 e. The molecule has 1 rings (SSSR count). The average molecular weight is 224 g/mol. The first-order chi connectivity index (χ1) is 7.19. The van der Waals surface area contributed by atoms with Crippen LogP contribution in [-0.2, 0) is 12.8 Å². The highest BCUT2D eigenvalue weighted by Crippen LogP contribution is 2.37. The fourth-order valence-corrected chi connectivity index (χ4v) is 4.10. The molecule has 0 aliphatic rings. The average Bonchev–Trinajstić information content (AvgIpc) is 2.56. The molecule has 1 heteroatoms. The molecule has 0 amide bonds. The van der Waals surface area contributed by atoms with E-state index in [4.69, 9.17) is 0 Å². The van der Waals surface area contributed by atoms with Crippen LogP contribution in [0.15, 0.2) is 0 Å². The van der Waals surface area contributed by atoms with Crippen LogP contribution in [0.3, 0.4) is 0 Å². The second-order valence-corrected chi connectivity index (χ2v) is 5.46. The van der Waals surface area contributed by atoms with Crippen LogP contribution in [0.1, 0.15) is 67.3 Å². The maximum Gasteiger partial charge on any atom is 0.0113 e. The van der Waals surface area contributed by atoms with Gasteiger partial charge < -0.3 is 0 Å². The molecule has 15 heavy (non-hydrogen) atoms. The van der Waals surface area contributed by atoms with Gasteiger partial charge in [0.1, 0.15) is 0 Å². The molecule has 0 spiro atoms. The van der Waals surface area contributed by atoms with E-state index in [1.165, 1.54) is 25.7 Å². The first kappa shape index (κ1) is 12.8. The van der Waals surface area contributed by atoms with Gasteiger partial charge >= 0.3 is 0 Å². The van der Waals surface area contributed by atoms with Crippen LogP contribution in [0.2, 0.25) is 0 Å². The summed E-state index contributed by atoms with van der Waals surface area (Å²) in [6.07, 6.45) is 4.98. The fraction of sp³-hybridized carbons (Fsp3) is 0.714.